The van der Waals surface area contributed by atoms with Gasteiger partial charge in [0.15, 0.2) is 0 Å². The molecule has 5 nitrogen and oxygen atoms in total. The normalized spacial score (nSPS) is 17.1. The third-order valence-corrected chi connectivity index (χ3v) is 3.16. The Morgan fingerprint density at radius 2 is 1.67 bits per heavy atom. The van der Waals surface area contributed by atoms with E-state index in [1.807, 2.05) is 18.7 Å². The molecule has 0 aromatic rings. The van der Waals surface area contributed by atoms with Crippen molar-refractivity contribution in [3.8, 4) is 0 Å². The number of hydrogen-bond donors (Lipinski definition) is 0. The summed E-state index contributed by atoms with van der Waals surface area (Å²) in [5, 5.41) is 0. The quantitative estimate of drug-likeness (QED) is 0.598. The summed E-state index contributed by atoms with van der Waals surface area (Å²) in [4.78, 5) is 15.8. The Morgan fingerprint density at radius 1 is 1.00 bits per heavy atom. The monoisotopic (exact) mass is 258 g/mol. The molecule has 0 aromatic heterocycles. The topological polar surface area (TPSA) is 42.0 Å². The highest BCUT2D eigenvalue weighted by atomic mass is 16.5. The third-order valence-electron chi connectivity index (χ3n) is 3.16. The van der Waals surface area contributed by atoms with Gasteiger partial charge < -0.3 is 14.4 Å². The van der Waals surface area contributed by atoms with Crippen LogP contribution in [-0.2, 0) is 14.3 Å². The predicted octanol–water partition coefficient (Wildman–Crippen LogP) is 0.594. The lowest BCUT2D eigenvalue weighted by Gasteiger charge is -2.34. The summed E-state index contributed by atoms with van der Waals surface area (Å²) >= 11 is 0. The number of piperazine rings is 1. The van der Waals surface area contributed by atoms with Crippen molar-refractivity contribution < 1.29 is 14.3 Å². The van der Waals surface area contributed by atoms with Crippen LogP contribution in [0, 0.1) is 0 Å². The highest BCUT2D eigenvalue weighted by Gasteiger charge is 2.19. The van der Waals surface area contributed by atoms with Crippen molar-refractivity contribution in [1.29, 1.82) is 0 Å². The fourth-order valence-electron chi connectivity index (χ4n) is 2.00. The molecule has 1 aliphatic heterocycles. The van der Waals surface area contributed by atoms with E-state index in [-0.39, 0.29) is 5.91 Å². The second-order valence-electron chi connectivity index (χ2n) is 4.39. The smallest absolute Gasteiger partial charge is 0.222 e. The Bertz CT molecular complexity index is 228. The molecule has 106 valence electrons. The molecule has 1 aliphatic rings. The van der Waals surface area contributed by atoms with Crippen LogP contribution in [0.3, 0.4) is 0 Å². The molecule has 0 spiro atoms. The summed E-state index contributed by atoms with van der Waals surface area (Å²) < 4.78 is 10.7. The van der Waals surface area contributed by atoms with Crippen molar-refractivity contribution >= 4 is 5.91 Å². The zero-order valence-corrected chi connectivity index (χ0v) is 11.7. The second kappa shape index (κ2) is 9.30. The molecule has 0 saturated carbocycles. The standard InChI is InChI=1S/C13H26N2O3/c1-3-13(16)15-7-5-14(6-8-15)9-10-18-12-11-17-4-2/h3-12H2,1-2H3. The van der Waals surface area contributed by atoms with E-state index >= 15 is 0 Å². The first-order valence-corrected chi connectivity index (χ1v) is 6.93. The molecule has 1 amide bonds. The highest BCUT2D eigenvalue weighted by Crippen LogP contribution is 2.03. The van der Waals surface area contributed by atoms with Crippen LogP contribution in [0.2, 0.25) is 0 Å². The lowest BCUT2D eigenvalue weighted by molar-refractivity contribution is -0.132. The number of carbonyl (C=O) groups excluding carboxylic acids is 1. The van der Waals surface area contributed by atoms with Gasteiger partial charge in [-0.25, -0.2) is 0 Å². The van der Waals surface area contributed by atoms with Crippen LogP contribution in [-0.4, -0.2) is 74.9 Å². The van der Waals surface area contributed by atoms with Crippen molar-refractivity contribution in [2.75, 3.05) is 59.2 Å². The molecule has 0 aromatic carbocycles. The molecule has 0 bridgehead atoms. The maximum absolute atomic E-state index is 11.5. The van der Waals surface area contributed by atoms with Crippen LogP contribution in [0.15, 0.2) is 0 Å². The molecule has 5 heteroatoms. The Morgan fingerprint density at radius 3 is 2.28 bits per heavy atom. The van der Waals surface area contributed by atoms with Crippen LogP contribution < -0.4 is 0 Å². The van der Waals surface area contributed by atoms with E-state index in [0.29, 0.717) is 19.6 Å². The summed E-state index contributed by atoms with van der Waals surface area (Å²) in [5.74, 6) is 0.266. The van der Waals surface area contributed by atoms with E-state index in [4.69, 9.17) is 9.47 Å². The molecule has 1 saturated heterocycles. The van der Waals surface area contributed by atoms with Gasteiger partial charge in [-0.1, -0.05) is 6.92 Å². The first-order chi connectivity index (χ1) is 8.77. The Hall–Kier alpha value is -0.650. The summed E-state index contributed by atoms with van der Waals surface area (Å²) in [7, 11) is 0. The van der Waals surface area contributed by atoms with E-state index in [9.17, 15) is 4.79 Å². The van der Waals surface area contributed by atoms with Gasteiger partial charge in [0.25, 0.3) is 0 Å². The molecule has 0 atom stereocenters. The van der Waals surface area contributed by atoms with Gasteiger partial charge in [0.2, 0.25) is 5.91 Å². The minimum Gasteiger partial charge on any atom is -0.379 e. The average Bonchev–Trinajstić information content (AvgIpc) is 2.42. The number of nitrogens with zero attached hydrogens (tertiary/aromatic N) is 2. The molecular formula is C13H26N2O3. The molecular weight excluding hydrogens is 232 g/mol. The van der Waals surface area contributed by atoms with Gasteiger partial charge in [-0.2, -0.15) is 0 Å². The number of ether oxygens (including phenoxy) is 2. The highest BCUT2D eigenvalue weighted by molar-refractivity contribution is 5.75. The van der Waals surface area contributed by atoms with Crippen LogP contribution in [0.5, 0.6) is 0 Å². The molecule has 18 heavy (non-hydrogen) atoms. The average molecular weight is 258 g/mol. The largest absolute Gasteiger partial charge is 0.379 e. The van der Waals surface area contributed by atoms with Gasteiger partial charge in [0.1, 0.15) is 0 Å². The number of carbonyl (C=O) groups is 1. The SMILES string of the molecule is CCOCCOCCN1CCN(C(=O)CC)CC1. The number of rotatable bonds is 8. The minimum atomic E-state index is 0.266. The van der Waals surface area contributed by atoms with E-state index in [0.717, 1.165) is 45.9 Å². The summed E-state index contributed by atoms with van der Waals surface area (Å²) in [5.41, 5.74) is 0. The first-order valence-electron chi connectivity index (χ1n) is 6.93. The number of hydrogen-bond acceptors (Lipinski definition) is 4. The van der Waals surface area contributed by atoms with Crippen molar-refractivity contribution in [3.63, 3.8) is 0 Å². The predicted molar refractivity (Wildman–Crippen MR) is 70.6 cm³/mol. The van der Waals surface area contributed by atoms with E-state index in [1.54, 1.807) is 0 Å². The maximum Gasteiger partial charge on any atom is 0.222 e. The van der Waals surface area contributed by atoms with Crippen LogP contribution in [0.4, 0.5) is 0 Å². The maximum atomic E-state index is 11.5. The van der Waals surface area contributed by atoms with Gasteiger partial charge in [-0.05, 0) is 6.92 Å². The van der Waals surface area contributed by atoms with Crippen molar-refractivity contribution in [1.82, 2.24) is 9.80 Å². The van der Waals surface area contributed by atoms with Crippen LogP contribution in [0.1, 0.15) is 20.3 Å². The summed E-state index contributed by atoms with van der Waals surface area (Å²) in [6, 6.07) is 0. The first kappa shape index (κ1) is 15.4. The molecule has 1 rings (SSSR count). The Balaban J connectivity index is 2.00. The third kappa shape index (κ3) is 5.80. The summed E-state index contributed by atoms with van der Waals surface area (Å²) in [6.45, 7) is 11.3. The van der Waals surface area contributed by atoms with Gasteiger partial charge in [-0.3, -0.25) is 9.69 Å². The molecule has 1 fully saturated rings. The van der Waals surface area contributed by atoms with E-state index < -0.39 is 0 Å². The Kier molecular flexibility index (Phi) is 7.96. The zero-order chi connectivity index (χ0) is 13.2. The van der Waals surface area contributed by atoms with E-state index in [2.05, 4.69) is 4.90 Å². The summed E-state index contributed by atoms with van der Waals surface area (Å²) in [6.07, 6.45) is 0.612. The lowest BCUT2D eigenvalue weighted by atomic mass is 10.3. The lowest BCUT2D eigenvalue weighted by Crippen LogP contribution is -2.49. The zero-order valence-electron chi connectivity index (χ0n) is 11.7. The Labute approximate surface area is 110 Å². The van der Waals surface area contributed by atoms with Gasteiger partial charge >= 0.3 is 0 Å². The van der Waals surface area contributed by atoms with Gasteiger partial charge in [0, 0.05) is 45.8 Å². The molecule has 1 heterocycles. The van der Waals surface area contributed by atoms with Crippen LogP contribution in [0.25, 0.3) is 0 Å². The molecule has 0 aliphatic carbocycles. The fourth-order valence-corrected chi connectivity index (χ4v) is 2.00. The molecule has 0 unspecified atom stereocenters. The fraction of sp³-hybridized carbons (Fsp3) is 0.923. The van der Waals surface area contributed by atoms with Crippen molar-refractivity contribution in [2.45, 2.75) is 20.3 Å². The van der Waals surface area contributed by atoms with Crippen molar-refractivity contribution in [3.05, 3.63) is 0 Å². The minimum absolute atomic E-state index is 0.266. The van der Waals surface area contributed by atoms with Crippen LogP contribution >= 0.6 is 0 Å². The molecule has 0 N–H and O–H groups in total. The van der Waals surface area contributed by atoms with Gasteiger partial charge in [0.05, 0.1) is 19.8 Å². The molecule has 0 radical (unpaired) electrons. The second-order valence-corrected chi connectivity index (χ2v) is 4.39. The van der Waals surface area contributed by atoms with Crippen molar-refractivity contribution in [2.24, 2.45) is 0 Å². The van der Waals surface area contributed by atoms with Gasteiger partial charge in [-0.15, -0.1) is 0 Å². The number of amides is 1. The van der Waals surface area contributed by atoms with E-state index in [1.165, 1.54) is 0 Å².